The molecule has 9 nitrogen and oxygen atoms in total. The molecule has 0 bridgehead atoms. The third-order valence-electron chi connectivity index (χ3n) is 6.51. The second-order valence-corrected chi connectivity index (χ2v) is 8.94. The number of anilines is 1. The Morgan fingerprint density at radius 1 is 1.28 bits per heavy atom. The van der Waals surface area contributed by atoms with Gasteiger partial charge in [-0.3, -0.25) is 4.79 Å². The number of benzene rings is 2. The summed E-state index contributed by atoms with van der Waals surface area (Å²) >= 11 is 0. The number of aryl methyl sites for hydroxylation is 1. The van der Waals surface area contributed by atoms with Gasteiger partial charge >= 0.3 is 0 Å². The molecule has 6 rings (SSSR count). The second kappa shape index (κ2) is 9.19. The van der Waals surface area contributed by atoms with Crippen LogP contribution in [0.15, 0.2) is 49.2 Å². The van der Waals surface area contributed by atoms with Crippen LogP contribution in [0.2, 0.25) is 0 Å². The van der Waals surface area contributed by atoms with Gasteiger partial charge in [0.25, 0.3) is 5.91 Å². The van der Waals surface area contributed by atoms with Gasteiger partial charge in [-0.2, -0.15) is 0 Å². The van der Waals surface area contributed by atoms with Crippen LogP contribution in [0.25, 0.3) is 17.1 Å². The van der Waals surface area contributed by atoms with Crippen LogP contribution in [0.1, 0.15) is 53.8 Å². The van der Waals surface area contributed by atoms with E-state index in [2.05, 4.69) is 20.5 Å². The monoisotopic (exact) mass is 490 g/mol. The van der Waals surface area contributed by atoms with E-state index in [4.69, 9.17) is 4.74 Å². The summed E-state index contributed by atoms with van der Waals surface area (Å²) in [6.07, 6.45) is 7.44. The molecule has 0 radical (unpaired) electrons. The van der Waals surface area contributed by atoms with Gasteiger partial charge in [-0.15, -0.1) is 10.2 Å². The van der Waals surface area contributed by atoms with Gasteiger partial charge in [-0.25, -0.2) is 9.37 Å². The van der Waals surface area contributed by atoms with E-state index in [-0.39, 0.29) is 32.2 Å². The lowest BCUT2D eigenvalue weighted by Gasteiger charge is -2.16. The first-order valence-electron chi connectivity index (χ1n) is 11.5. The van der Waals surface area contributed by atoms with Crippen LogP contribution in [-0.4, -0.2) is 48.5 Å². The number of nitrogens with zero attached hydrogens (tertiary/aromatic N) is 5. The number of halogens is 1. The Morgan fingerprint density at radius 3 is 2.89 bits per heavy atom. The molecule has 1 amide bonds. The molecule has 2 aromatic carbocycles. The molecular formula is C26H27FN6O3. The fourth-order valence-corrected chi connectivity index (χ4v) is 4.43. The highest BCUT2D eigenvalue weighted by atomic mass is 19.1. The summed E-state index contributed by atoms with van der Waals surface area (Å²) in [5, 5.41) is 20.7. The molecule has 2 N–H and O–H groups in total. The van der Waals surface area contributed by atoms with Gasteiger partial charge in [-0.1, -0.05) is 13.5 Å². The Labute approximate surface area is 207 Å². The standard InChI is InChI=1S/C25H23FN6O3.CH4/c1-14-7-19(26)18(8-22(14)31-9-21(27-12-31)15-5-6-15)25(34)29-20-4-2-3-17-23(20)35-11-16(10-33)32-13-28-30-24(17)32;/h2-4,7-9,12-13,15-16,33H,5-6,10-11H2,1H3,(H,29,34);1H4/t16-;/m0./s1. The number of imidazole rings is 1. The molecule has 3 heterocycles. The lowest BCUT2D eigenvalue weighted by molar-refractivity contribution is 0.102. The molecule has 1 fully saturated rings. The number of ether oxygens (including phenoxy) is 1. The SMILES string of the molecule is C.Cc1cc(F)c(C(=O)Nc2cccc3c2OC[C@H](CO)n2cnnc2-3)cc1-n1cnc(C2CC2)c1. The molecule has 186 valence electrons. The number of aromatic nitrogens is 5. The highest BCUT2D eigenvalue weighted by molar-refractivity contribution is 6.06. The van der Waals surface area contributed by atoms with Crippen LogP contribution in [0, 0.1) is 12.7 Å². The number of hydrogen-bond donors (Lipinski definition) is 2. The lowest BCUT2D eigenvalue weighted by atomic mass is 10.1. The maximum Gasteiger partial charge on any atom is 0.258 e. The fraction of sp³-hybridized carbons (Fsp3) is 0.308. The van der Waals surface area contributed by atoms with E-state index in [1.54, 1.807) is 42.1 Å². The molecule has 1 saturated carbocycles. The van der Waals surface area contributed by atoms with E-state index in [9.17, 15) is 14.3 Å². The van der Waals surface area contributed by atoms with Crippen LogP contribution in [0.4, 0.5) is 10.1 Å². The Bertz CT molecular complexity index is 1440. The average molecular weight is 491 g/mol. The largest absolute Gasteiger partial charge is 0.488 e. The lowest BCUT2D eigenvalue weighted by Crippen LogP contribution is -2.19. The number of para-hydroxylation sites is 1. The first-order chi connectivity index (χ1) is 17.0. The maximum atomic E-state index is 14.9. The summed E-state index contributed by atoms with van der Waals surface area (Å²) < 4.78 is 24.5. The van der Waals surface area contributed by atoms with Gasteiger partial charge in [0, 0.05) is 12.1 Å². The third-order valence-corrected chi connectivity index (χ3v) is 6.51. The van der Waals surface area contributed by atoms with Crippen molar-refractivity contribution in [2.24, 2.45) is 0 Å². The molecule has 0 unspecified atom stereocenters. The van der Waals surface area contributed by atoms with Crippen LogP contribution >= 0.6 is 0 Å². The quantitative estimate of drug-likeness (QED) is 0.433. The molecule has 0 spiro atoms. The minimum Gasteiger partial charge on any atom is -0.488 e. The number of aliphatic hydroxyl groups is 1. The van der Waals surface area contributed by atoms with Gasteiger partial charge in [0.05, 0.1) is 47.2 Å². The zero-order valence-electron chi connectivity index (χ0n) is 19.0. The van der Waals surface area contributed by atoms with Gasteiger partial charge in [0.2, 0.25) is 0 Å². The highest BCUT2D eigenvalue weighted by Gasteiger charge is 2.28. The smallest absolute Gasteiger partial charge is 0.258 e. The topological polar surface area (TPSA) is 107 Å². The van der Waals surface area contributed by atoms with Crippen molar-refractivity contribution in [1.29, 1.82) is 0 Å². The van der Waals surface area contributed by atoms with Crippen LogP contribution in [0.3, 0.4) is 0 Å². The predicted molar refractivity (Wildman–Crippen MR) is 132 cm³/mol. The predicted octanol–water partition coefficient (Wildman–Crippen LogP) is 4.27. The minimum absolute atomic E-state index is 0. The van der Waals surface area contributed by atoms with Crippen molar-refractivity contribution in [3.8, 4) is 22.8 Å². The van der Waals surface area contributed by atoms with Gasteiger partial charge in [0.1, 0.15) is 18.8 Å². The van der Waals surface area contributed by atoms with Crippen LogP contribution in [-0.2, 0) is 0 Å². The Kier molecular flexibility index (Phi) is 6.05. The molecule has 36 heavy (non-hydrogen) atoms. The molecular weight excluding hydrogens is 463 g/mol. The molecule has 1 aliphatic heterocycles. The Morgan fingerprint density at radius 2 is 2.11 bits per heavy atom. The second-order valence-electron chi connectivity index (χ2n) is 8.94. The van der Waals surface area contributed by atoms with Gasteiger partial charge in [-0.05, 0) is 49.6 Å². The molecule has 1 aliphatic carbocycles. The summed E-state index contributed by atoms with van der Waals surface area (Å²) in [7, 11) is 0. The number of rotatable bonds is 5. The number of hydrogen-bond acceptors (Lipinski definition) is 6. The van der Waals surface area contributed by atoms with E-state index in [1.165, 1.54) is 12.4 Å². The first-order valence-corrected chi connectivity index (χ1v) is 11.5. The van der Waals surface area contributed by atoms with E-state index in [1.807, 2.05) is 10.8 Å². The van der Waals surface area contributed by atoms with Gasteiger partial charge < -0.3 is 24.3 Å². The third kappa shape index (κ3) is 4.03. The van der Waals surface area contributed by atoms with Crippen LogP contribution in [0.5, 0.6) is 5.75 Å². The number of fused-ring (bicyclic) bond motifs is 3. The van der Waals surface area contributed by atoms with Crippen molar-refractivity contribution in [1.82, 2.24) is 24.3 Å². The van der Waals surface area contributed by atoms with Crippen molar-refractivity contribution in [2.45, 2.75) is 39.2 Å². The molecule has 1 atom stereocenters. The number of aliphatic hydroxyl groups excluding tert-OH is 1. The normalized spacial score (nSPS) is 16.2. The molecule has 2 aliphatic rings. The Balaban J connectivity index is 0.00000267. The van der Waals surface area contributed by atoms with Crippen molar-refractivity contribution in [3.63, 3.8) is 0 Å². The van der Waals surface area contributed by atoms with Crippen molar-refractivity contribution in [3.05, 3.63) is 71.8 Å². The zero-order valence-corrected chi connectivity index (χ0v) is 19.0. The minimum atomic E-state index is -0.616. The van der Waals surface area contributed by atoms with Crippen molar-refractivity contribution >= 4 is 11.6 Å². The Hall–Kier alpha value is -4.05. The number of carbonyl (C=O) groups is 1. The number of amides is 1. The summed E-state index contributed by atoms with van der Waals surface area (Å²) in [6.45, 7) is 1.80. The van der Waals surface area contributed by atoms with E-state index >= 15 is 0 Å². The first kappa shape index (κ1) is 23.7. The van der Waals surface area contributed by atoms with Crippen molar-refractivity contribution in [2.75, 3.05) is 18.5 Å². The van der Waals surface area contributed by atoms with Crippen molar-refractivity contribution < 1.29 is 19.0 Å². The average Bonchev–Trinajstić information content (AvgIpc) is 3.43. The van der Waals surface area contributed by atoms with E-state index in [0.29, 0.717) is 40.0 Å². The maximum absolute atomic E-state index is 14.9. The molecule has 0 saturated heterocycles. The summed E-state index contributed by atoms with van der Waals surface area (Å²) in [4.78, 5) is 17.7. The fourth-order valence-electron chi connectivity index (χ4n) is 4.43. The summed E-state index contributed by atoms with van der Waals surface area (Å²) in [5.41, 5.74) is 3.31. The zero-order chi connectivity index (χ0) is 24.1. The summed E-state index contributed by atoms with van der Waals surface area (Å²) in [5.74, 6) is 0.178. The highest BCUT2D eigenvalue weighted by Crippen LogP contribution is 2.40. The van der Waals surface area contributed by atoms with Crippen LogP contribution < -0.4 is 10.1 Å². The molecule has 2 aromatic heterocycles. The van der Waals surface area contributed by atoms with E-state index < -0.39 is 11.7 Å². The molecule has 10 heteroatoms. The van der Waals surface area contributed by atoms with E-state index in [0.717, 1.165) is 18.5 Å². The number of carbonyl (C=O) groups excluding carboxylic acids is 1. The number of nitrogens with one attached hydrogen (secondary N) is 1. The molecule has 4 aromatic rings. The summed E-state index contributed by atoms with van der Waals surface area (Å²) in [6, 6.07) is 7.76. The van der Waals surface area contributed by atoms with Gasteiger partial charge in [0.15, 0.2) is 11.6 Å².